The minimum Gasteiger partial charge on any atom is -0.347 e. The Hall–Kier alpha value is -2.91. The van der Waals surface area contributed by atoms with Crippen molar-refractivity contribution < 1.29 is 4.79 Å². The highest BCUT2D eigenvalue weighted by atomic mass is 16.2. The van der Waals surface area contributed by atoms with Crippen LogP contribution in [0.4, 0.5) is 0 Å². The molecule has 0 bridgehead atoms. The van der Waals surface area contributed by atoms with E-state index in [1.807, 2.05) is 54.6 Å². The Labute approximate surface area is 161 Å². The van der Waals surface area contributed by atoms with Crippen LogP contribution in [0.3, 0.4) is 0 Å². The Bertz CT molecular complexity index is 832. The van der Waals surface area contributed by atoms with Crippen LogP contribution < -0.4 is 5.32 Å². The topological polar surface area (TPSA) is 32.3 Å². The zero-order chi connectivity index (χ0) is 19.1. The molecule has 0 saturated carbocycles. The molecule has 0 aromatic heterocycles. The lowest BCUT2D eigenvalue weighted by molar-refractivity contribution is -0.131. The molecule has 0 unspecified atom stereocenters. The second kappa shape index (κ2) is 9.15. The fourth-order valence-electron chi connectivity index (χ4n) is 3.22. The van der Waals surface area contributed by atoms with Crippen LogP contribution >= 0.6 is 0 Å². The molecule has 0 aliphatic carbocycles. The molecule has 3 rings (SSSR count). The SMILES string of the molecule is CN(C)C(=O)[C@@H](N[C@H](Cc1ccccc1)c1ccccc1)c1ccccc1. The monoisotopic (exact) mass is 358 g/mol. The van der Waals surface area contributed by atoms with Crippen LogP contribution in [0.15, 0.2) is 91.0 Å². The lowest BCUT2D eigenvalue weighted by Gasteiger charge is -2.28. The summed E-state index contributed by atoms with van der Waals surface area (Å²) in [6, 6.07) is 30.3. The minimum absolute atomic E-state index is 0.0303. The summed E-state index contributed by atoms with van der Waals surface area (Å²) in [5.74, 6) is 0.0511. The van der Waals surface area contributed by atoms with Gasteiger partial charge in [0.25, 0.3) is 0 Å². The van der Waals surface area contributed by atoms with Crippen molar-refractivity contribution in [2.45, 2.75) is 18.5 Å². The molecule has 3 aromatic carbocycles. The van der Waals surface area contributed by atoms with E-state index in [1.54, 1.807) is 19.0 Å². The molecular formula is C24H26N2O. The average molecular weight is 358 g/mol. The summed E-state index contributed by atoms with van der Waals surface area (Å²) >= 11 is 0. The Morgan fingerprint density at radius 3 is 1.78 bits per heavy atom. The zero-order valence-electron chi connectivity index (χ0n) is 15.9. The summed E-state index contributed by atoms with van der Waals surface area (Å²) in [6.45, 7) is 0. The van der Waals surface area contributed by atoms with Gasteiger partial charge >= 0.3 is 0 Å². The predicted octanol–water partition coefficient (Wildman–Crippen LogP) is 4.39. The van der Waals surface area contributed by atoms with Crippen LogP contribution in [-0.4, -0.2) is 24.9 Å². The highest BCUT2D eigenvalue weighted by Crippen LogP contribution is 2.24. The Kier molecular flexibility index (Phi) is 6.39. The van der Waals surface area contributed by atoms with Gasteiger partial charge in [-0.2, -0.15) is 0 Å². The van der Waals surface area contributed by atoms with Gasteiger partial charge in [-0.1, -0.05) is 91.0 Å². The summed E-state index contributed by atoms with van der Waals surface area (Å²) in [7, 11) is 3.60. The standard InChI is InChI=1S/C24H26N2O/c1-26(2)24(27)23(21-16-10-5-11-17-21)25-22(20-14-8-4-9-15-20)18-19-12-6-3-7-13-19/h3-17,22-23,25H,18H2,1-2H3/t22-,23+/m1/s1. The van der Waals surface area contributed by atoms with Gasteiger partial charge in [0.1, 0.15) is 6.04 Å². The van der Waals surface area contributed by atoms with E-state index in [0.29, 0.717) is 0 Å². The summed E-state index contributed by atoms with van der Waals surface area (Å²) < 4.78 is 0. The highest BCUT2D eigenvalue weighted by molar-refractivity contribution is 5.83. The highest BCUT2D eigenvalue weighted by Gasteiger charge is 2.26. The number of amides is 1. The number of carbonyl (C=O) groups is 1. The lowest BCUT2D eigenvalue weighted by Crippen LogP contribution is -2.39. The molecule has 0 heterocycles. The van der Waals surface area contributed by atoms with Crippen molar-refractivity contribution in [1.82, 2.24) is 10.2 Å². The van der Waals surface area contributed by atoms with E-state index >= 15 is 0 Å². The number of likely N-dealkylation sites (N-methyl/N-ethyl adjacent to an activating group) is 1. The van der Waals surface area contributed by atoms with Crippen LogP contribution in [-0.2, 0) is 11.2 Å². The third kappa shape index (κ3) is 5.05. The first-order valence-electron chi connectivity index (χ1n) is 9.26. The fraction of sp³-hybridized carbons (Fsp3) is 0.208. The molecule has 0 fully saturated rings. The first-order valence-corrected chi connectivity index (χ1v) is 9.26. The Morgan fingerprint density at radius 2 is 1.26 bits per heavy atom. The van der Waals surface area contributed by atoms with Crippen molar-refractivity contribution in [3.8, 4) is 0 Å². The van der Waals surface area contributed by atoms with Crippen molar-refractivity contribution in [3.63, 3.8) is 0 Å². The molecule has 0 aliphatic rings. The van der Waals surface area contributed by atoms with Gasteiger partial charge in [0, 0.05) is 20.1 Å². The van der Waals surface area contributed by atoms with Gasteiger partial charge in [0.15, 0.2) is 0 Å². The summed E-state index contributed by atoms with van der Waals surface area (Å²) in [5, 5.41) is 3.63. The number of carbonyl (C=O) groups excluding carboxylic acids is 1. The largest absolute Gasteiger partial charge is 0.347 e. The van der Waals surface area contributed by atoms with Crippen molar-refractivity contribution in [2.24, 2.45) is 0 Å². The number of benzene rings is 3. The summed E-state index contributed by atoms with van der Waals surface area (Å²) in [5.41, 5.74) is 3.39. The van der Waals surface area contributed by atoms with Crippen molar-refractivity contribution >= 4 is 5.91 Å². The fourth-order valence-corrected chi connectivity index (χ4v) is 3.22. The maximum Gasteiger partial charge on any atom is 0.243 e. The smallest absolute Gasteiger partial charge is 0.243 e. The maximum atomic E-state index is 12.9. The molecule has 0 spiro atoms. The molecule has 3 aromatic rings. The molecule has 2 atom stereocenters. The van der Waals surface area contributed by atoms with E-state index in [0.717, 1.165) is 12.0 Å². The van der Waals surface area contributed by atoms with Gasteiger partial charge in [-0.15, -0.1) is 0 Å². The van der Waals surface area contributed by atoms with E-state index < -0.39 is 6.04 Å². The van der Waals surface area contributed by atoms with E-state index in [-0.39, 0.29) is 11.9 Å². The van der Waals surface area contributed by atoms with Gasteiger partial charge in [-0.25, -0.2) is 0 Å². The molecule has 3 nitrogen and oxygen atoms in total. The number of hydrogen-bond acceptors (Lipinski definition) is 2. The van der Waals surface area contributed by atoms with Crippen molar-refractivity contribution in [3.05, 3.63) is 108 Å². The molecule has 138 valence electrons. The van der Waals surface area contributed by atoms with Crippen molar-refractivity contribution in [1.29, 1.82) is 0 Å². The van der Waals surface area contributed by atoms with Gasteiger partial charge in [-0.05, 0) is 23.1 Å². The maximum absolute atomic E-state index is 12.9. The first kappa shape index (κ1) is 18.9. The normalized spacial score (nSPS) is 13.0. The predicted molar refractivity (Wildman–Crippen MR) is 110 cm³/mol. The number of rotatable bonds is 7. The third-order valence-corrected chi connectivity index (χ3v) is 4.67. The minimum atomic E-state index is -0.393. The van der Waals surface area contributed by atoms with Crippen LogP contribution in [0, 0.1) is 0 Å². The van der Waals surface area contributed by atoms with Crippen molar-refractivity contribution in [2.75, 3.05) is 14.1 Å². The van der Waals surface area contributed by atoms with Gasteiger partial charge in [0.2, 0.25) is 5.91 Å². The Balaban J connectivity index is 1.93. The molecule has 3 heteroatoms. The second-order valence-corrected chi connectivity index (χ2v) is 6.90. The zero-order valence-corrected chi connectivity index (χ0v) is 15.9. The third-order valence-electron chi connectivity index (χ3n) is 4.67. The molecular weight excluding hydrogens is 332 g/mol. The van der Waals surface area contributed by atoms with Crippen LogP contribution in [0.25, 0.3) is 0 Å². The van der Waals surface area contributed by atoms with Gasteiger partial charge in [0.05, 0.1) is 0 Å². The van der Waals surface area contributed by atoms with Crippen LogP contribution in [0.2, 0.25) is 0 Å². The summed E-state index contributed by atoms with van der Waals surface area (Å²) in [6.07, 6.45) is 0.814. The van der Waals surface area contributed by atoms with E-state index in [1.165, 1.54) is 11.1 Å². The molecule has 1 amide bonds. The van der Waals surface area contributed by atoms with Gasteiger partial charge in [-0.3, -0.25) is 10.1 Å². The first-order chi connectivity index (χ1) is 13.1. The average Bonchev–Trinajstić information content (AvgIpc) is 2.72. The Morgan fingerprint density at radius 1 is 0.778 bits per heavy atom. The molecule has 0 saturated heterocycles. The molecule has 1 N–H and O–H groups in total. The number of nitrogens with one attached hydrogen (secondary N) is 1. The van der Waals surface area contributed by atoms with Crippen LogP contribution in [0.5, 0.6) is 0 Å². The van der Waals surface area contributed by atoms with E-state index in [2.05, 4.69) is 41.7 Å². The summed E-state index contributed by atoms with van der Waals surface area (Å²) in [4.78, 5) is 14.6. The van der Waals surface area contributed by atoms with E-state index in [4.69, 9.17) is 0 Å². The van der Waals surface area contributed by atoms with Gasteiger partial charge < -0.3 is 4.90 Å². The second-order valence-electron chi connectivity index (χ2n) is 6.90. The quantitative estimate of drug-likeness (QED) is 0.679. The van der Waals surface area contributed by atoms with Crippen LogP contribution in [0.1, 0.15) is 28.8 Å². The molecule has 0 aliphatic heterocycles. The number of nitrogens with zero attached hydrogens (tertiary/aromatic N) is 1. The molecule has 27 heavy (non-hydrogen) atoms. The molecule has 0 radical (unpaired) electrons. The van der Waals surface area contributed by atoms with E-state index in [9.17, 15) is 4.79 Å². The lowest BCUT2D eigenvalue weighted by atomic mass is 9.96. The number of hydrogen-bond donors (Lipinski definition) is 1.